The first-order valence-corrected chi connectivity index (χ1v) is 5.48. The Morgan fingerprint density at radius 1 is 1.28 bits per heavy atom. The highest BCUT2D eigenvalue weighted by Gasteiger charge is 2.09. The zero-order valence-corrected chi connectivity index (χ0v) is 9.76. The molecule has 0 radical (unpaired) electrons. The Balaban J connectivity index is 2.28. The third-order valence-electron chi connectivity index (χ3n) is 2.35. The van der Waals surface area contributed by atoms with Gasteiger partial charge in [0, 0.05) is 18.6 Å². The van der Waals surface area contributed by atoms with Crippen LogP contribution in [0.1, 0.15) is 0 Å². The van der Waals surface area contributed by atoms with Crippen molar-refractivity contribution in [1.82, 2.24) is 15.0 Å². The molecule has 0 saturated carbocycles. The Kier molecular flexibility index (Phi) is 2.53. The average molecular weight is 260 g/mol. The molecular weight excluding hydrogens is 254 g/mol. The van der Waals surface area contributed by atoms with Crippen molar-refractivity contribution in [1.29, 1.82) is 0 Å². The van der Waals surface area contributed by atoms with E-state index in [2.05, 4.69) is 15.0 Å². The highest BCUT2D eigenvalue weighted by Crippen LogP contribution is 2.20. The van der Waals surface area contributed by atoms with Gasteiger partial charge in [-0.15, -0.1) is 0 Å². The third kappa shape index (κ3) is 1.84. The molecule has 3 heterocycles. The van der Waals surface area contributed by atoms with Crippen LogP contribution in [0, 0.1) is 0 Å². The molecule has 0 bridgehead atoms. The van der Waals surface area contributed by atoms with Gasteiger partial charge in [-0.2, -0.15) is 4.98 Å². The Morgan fingerprint density at radius 2 is 2.17 bits per heavy atom. The molecule has 0 aromatic carbocycles. The molecule has 0 aliphatic heterocycles. The number of hydrogen-bond donors (Lipinski definition) is 0. The molecule has 3 aromatic rings. The van der Waals surface area contributed by atoms with Crippen LogP contribution in [0.2, 0.25) is 5.02 Å². The topological polar surface area (TPSA) is 68.9 Å². The Labute approximate surface area is 106 Å². The van der Waals surface area contributed by atoms with Gasteiger partial charge in [0.2, 0.25) is 11.6 Å². The average Bonchev–Trinajstić information content (AvgIpc) is 2.39. The van der Waals surface area contributed by atoms with Crippen LogP contribution in [-0.4, -0.2) is 15.0 Å². The summed E-state index contributed by atoms with van der Waals surface area (Å²) in [5.41, 5.74) is 0.388. The van der Waals surface area contributed by atoms with Crippen molar-refractivity contribution in [3.8, 4) is 11.5 Å². The molecule has 0 saturated heterocycles. The smallest absolute Gasteiger partial charge is 0.285 e. The van der Waals surface area contributed by atoms with Crippen LogP contribution >= 0.6 is 11.6 Å². The summed E-state index contributed by atoms with van der Waals surface area (Å²) in [6.45, 7) is 0. The van der Waals surface area contributed by atoms with Crippen LogP contribution in [0.15, 0.2) is 46.0 Å². The van der Waals surface area contributed by atoms with Crippen molar-refractivity contribution in [2.45, 2.75) is 0 Å². The summed E-state index contributed by atoms with van der Waals surface area (Å²) in [5, 5.41) is 0.786. The lowest BCUT2D eigenvalue weighted by atomic mass is 10.3. The van der Waals surface area contributed by atoms with Gasteiger partial charge in [0.05, 0.1) is 10.6 Å². The zero-order chi connectivity index (χ0) is 12.5. The molecule has 0 atom stereocenters. The van der Waals surface area contributed by atoms with Gasteiger partial charge in [-0.1, -0.05) is 11.6 Å². The van der Waals surface area contributed by atoms with Crippen molar-refractivity contribution in [3.63, 3.8) is 0 Å². The van der Waals surface area contributed by atoms with Crippen LogP contribution in [0.25, 0.3) is 22.6 Å². The number of fused-ring (bicyclic) bond motifs is 1. The maximum atomic E-state index is 11.8. The highest BCUT2D eigenvalue weighted by atomic mass is 35.5. The number of nitrogens with zero attached hydrogens (tertiary/aromatic N) is 3. The normalized spacial score (nSPS) is 10.7. The van der Waals surface area contributed by atoms with E-state index >= 15 is 0 Å². The Morgan fingerprint density at radius 3 is 3.00 bits per heavy atom. The van der Waals surface area contributed by atoms with E-state index < -0.39 is 0 Å². The molecule has 3 rings (SSSR count). The third-order valence-corrected chi connectivity index (χ3v) is 2.56. The van der Waals surface area contributed by atoms with E-state index in [-0.39, 0.29) is 17.2 Å². The van der Waals surface area contributed by atoms with E-state index in [0.717, 1.165) is 0 Å². The van der Waals surface area contributed by atoms with Crippen LogP contribution in [0.5, 0.6) is 0 Å². The van der Waals surface area contributed by atoms with Crippen LogP contribution in [-0.2, 0) is 0 Å². The molecule has 88 valence electrons. The monoisotopic (exact) mass is 259 g/mol. The zero-order valence-electron chi connectivity index (χ0n) is 9.00. The molecule has 5 nitrogen and oxygen atoms in total. The molecule has 0 N–H and O–H groups in total. The van der Waals surface area contributed by atoms with Gasteiger partial charge in [0.25, 0.3) is 5.56 Å². The largest absolute Gasteiger partial charge is 0.419 e. The SMILES string of the molecule is O=c1nc(-c2cncc(Cl)c2)oc2ncccc12. The second-order valence-electron chi connectivity index (χ2n) is 3.57. The number of aromatic nitrogens is 3. The van der Waals surface area contributed by atoms with Crippen LogP contribution in [0.4, 0.5) is 0 Å². The van der Waals surface area contributed by atoms with Crippen LogP contribution < -0.4 is 5.56 Å². The van der Waals surface area contributed by atoms with Gasteiger partial charge in [-0.25, -0.2) is 4.98 Å². The summed E-state index contributed by atoms with van der Waals surface area (Å²) in [4.78, 5) is 23.6. The van der Waals surface area contributed by atoms with E-state index in [1.807, 2.05) is 0 Å². The second kappa shape index (κ2) is 4.19. The fraction of sp³-hybridized carbons (Fsp3) is 0. The van der Waals surface area contributed by atoms with Gasteiger partial charge < -0.3 is 4.42 Å². The maximum Gasteiger partial charge on any atom is 0.285 e. The summed E-state index contributed by atoms with van der Waals surface area (Å²) in [7, 11) is 0. The predicted molar refractivity (Wildman–Crippen MR) is 66.3 cm³/mol. The van der Waals surface area contributed by atoms with Crippen molar-refractivity contribution in [2.24, 2.45) is 0 Å². The highest BCUT2D eigenvalue weighted by molar-refractivity contribution is 6.30. The molecule has 0 unspecified atom stereocenters. The minimum absolute atomic E-state index is 0.154. The van der Waals surface area contributed by atoms with E-state index in [4.69, 9.17) is 16.0 Å². The molecule has 3 aromatic heterocycles. The molecule has 0 aliphatic rings. The van der Waals surface area contributed by atoms with E-state index in [1.165, 1.54) is 12.4 Å². The standard InChI is InChI=1S/C12H6ClN3O2/c13-8-4-7(5-14-6-8)11-16-10(17)9-2-1-3-15-12(9)18-11/h1-6H. The van der Waals surface area contributed by atoms with E-state index in [1.54, 1.807) is 24.4 Å². The van der Waals surface area contributed by atoms with Crippen molar-refractivity contribution in [3.05, 3.63) is 52.2 Å². The molecular formula is C12H6ClN3O2. The first-order valence-electron chi connectivity index (χ1n) is 5.11. The summed E-state index contributed by atoms with van der Waals surface area (Å²) in [5.74, 6) is 0.154. The van der Waals surface area contributed by atoms with Crippen molar-refractivity contribution >= 4 is 22.7 Å². The van der Waals surface area contributed by atoms with Gasteiger partial charge in [0.1, 0.15) is 5.39 Å². The summed E-state index contributed by atoms with van der Waals surface area (Å²) in [6, 6.07) is 4.89. The summed E-state index contributed by atoms with van der Waals surface area (Å²) in [6.07, 6.45) is 4.56. The maximum absolute atomic E-state index is 11.8. The molecule has 0 spiro atoms. The Hall–Kier alpha value is -2.27. The van der Waals surface area contributed by atoms with Gasteiger partial charge in [-0.3, -0.25) is 9.78 Å². The first-order chi connectivity index (χ1) is 8.74. The lowest BCUT2D eigenvalue weighted by Gasteiger charge is -2.00. The minimum Gasteiger partial charge on any atom is -0.419 e. The lowest BCUT2D eigenvalue weighted by molar-refractivity contribution is 0.582. The molecule has 0 fully saturated rings. The van der Waals surface area contributed by atoms with Gasteiger partial charge in [0.15, 0.2) is 0 Å². The fourth-order valence-corrected chi connectivity index (χ4v) is 1.73. The molecule has 18 heavy (non-hydrogen) atoms. The predicted octanol–water partition coefficient (Wildman–Crippen LogP) is 2.30. The number of rotatable bonds is 1. The minimum atomic E-state index is -0.390. The van der Waals surface area contributed by atoms with E-state index in [0.29, 0.717) is 16.0 Å². The lowest BCUT2D eigenvalue weighted by Crippen LogP contribution is -2.07. The number of pyridine rings is 2. The van der Waals surface area contributed by atoms with E-state index in [9.17, 15) is 4.79 Å². The quantitative estimate of drug-likeness (QED) is 0.671. The molecule has 0 aliphatic carbocycles. The van der Waals surface area contributed by atoms with Crippen LogP contribution in [0.3, 0.4) is 0 Å². The number of hydrogen-bond acceptors (Lipinski definition) is 5. The first kappa shape index (κ1) is 10.9. The van der Waals surface area contributed by atoms with Crippen molar-refractivity contribution < 1.29 is 4.42 Å². The second-order valence-corrected chi connectivity index (χ2v) is 4.01. The van der Waals surface area contributed by atoms with Crippen molar-refractivity contribution in [2.75, 3.05) is 0 Å². The molecule has 6 heteroatoms. The summed E-state index contributed by atoms with van der Waals surface area (Å²) < 4.78 is 5.46. The summed E-state index contributed by atoms with van der Waals surface area (Å²) >= 11 is 5.83. The van der Waals surface area contributed by atoms with Gasteiger partial charge in [-0.05, 0) is 18.2 Å². The van der Waals surface area contributed by atoms with Gasteiger partial charge >= 0.3 is 0 Å². The Bertz CT molecular complexity index is 785. The molecule has 0 amide bonds. The number of halogens is 1. The fourth-order valence-electron chi connectivity index (χ4n) is 1.55.